The molecule has 5 nitrogen and oxygen atoms in total. The molecule has 1 aliphatic heterocycles. The Hall–Kier alpha value is -3.57. The summed E-state index contributed by atoms with van der Waals surface area (Å²) >= 11 is 6.12. The Morgan fingerprint density at radius 2 is 1.72 bits per heavy atom. The van der Waals surface area contributed by atoms with Crippen LogP contribution in [0.5, 0.6) is 5.75 Å². The van der Waals surface area contributed by atoms with E-state index in [0.717, 1.165) is 11.1 Å². The van der Waals surface area contributed by atoms with Crippen LogP contribution in [0, 0.1) is 13.8 Å². The van der Waals surface area contributed by atoms with Gasteiger partial charge in [-0.3, -0.25) is 14.5 Å². The summed E-state index contributed by atoms with van der Waals surface area (Å²) in [7, 11) is 1.47. The molecule has 32 heavy (non-hydrogen) atoms. The standard InChI is InChI=1S/C26H22ClNO4/c1-15-9-12-20(16(2)13-15)28-23(17-7-5-4-6-8-17)22(25(30)26(28)31)24(29)18-10-11-19(27)21(14-18)32-3/h4-14,23,29H,1-3H3/b24-22+. The second kappa shape index (κ2) is 8.52. The summed E-state index contributed by atoms with van der Waals surface area (Å²) in [6.45, 7) is 3.86. The van der Waals surface area contributed by atoms with Gasteiger partial charge in [-0.2, -0.15) is 0 Å². The van der Waals surface area contributed by atoms with E-state index in [2.05, 4.69) is 0 Å². The zero-order valence-electron chi connectivity index (χ0n) is 17.9. The molecular formula is C26H22ClNO4. The molecule has 0 aliphatic carbocycles. The van der Waals surface area contributed by atoms with Gasteiger partial charge in [0.1, 0.15) is 11.5 Å². The molecule has 1 heterocycles. The molecule has 0 aromatic heterocycles. The number of carbonyl (C=O) groups is 2. The number of rotatable bonds is 4. The van der Waals surface area contributed by atoms with Gasteiger partial charge in [0.15, 0.2) is 0 Å². The number of ether oxygens (including phenoxy) is 1. The molecule has 0 bridgehead atoms. The molecule has 162 valence electrons. The summed E-state index contributed by atoms with van der Waals surface area (Å²) in [5, 5.41) is 11.6. The lowest BCUT2D eigenvalue weighted by Crippen LogP contribution is -2.30. The maximum absolute atomic E-state index is 13.2. The first kappa shape index (κ1) is 21.7. The average Bonchev–Trinajstić information content (AvgIpc) is 3.05. The number of aryl methyl sites for hydroxylation is 2. The molecule has 6 heteroatoms. The van der Waals surface area contributed by atoms with Crippen LogP contribution < -0.4 is 9.64 Å². The zero-order valence-corrected chi connectivity index (χ0v) is 18.7. The summed E-state index contributed by atoms with van der Waals surface area (Å²) in [6, 6.07) is 18.8. The number of halogens is 1. The van der Waals surface area contributed by atoms with Crippen LogP contribution >= 0.6 is 11.6 Å². The van der Waals surface area contributed by atoms with Gasteiger partial charge in [0.2, 0.25) is 0 Å². The van der Waals surface area contributed by atoms with Crippen molar-refractivity contribution in [2.45, 2.75) is 19.9 Å². The van der Waals surface area contributed by atoms with E-state index < -0.39 is 17.7 Å². The first-order chi connectivity index (χ1) is 15.3. The third-order valence-electron chi connectivity index (χ3n) is 5.60. The number of Topliss-reactive ketones (excluding diaryl/α,β-unsaturated/α-hetero) is 1. The average molecular weight is 448 g/mol. The Balaban J connectivity index is 1.96. The van der Waals surface area contributed by atoms with Crippen molar-refractivity contribution in [3.63, 3.8) is 0 Å². The van der Waals surface area contributed by atoms with Gasteiger partial charge in [-0.05, 0) is 49.2 Å². The number of hydrogen-bond donors (Lipinski definition) is 1. The Morgan fingerprint density at radius 3 is 2.38 bits per heavy atom. The van der Waals surface area contributed by atoms with Gasteiger partial charge in [0.25, 0.3) is 11.7 Å². The van der Waals surface area contributed by atoms with Crippen molar-refractivity contribution in [2.24, 2.45) is 0 Å². The molecular weight excluding hydrogens is 426 g/mol. The van der Waals surface area contributed by atoms with E-state index in [4.69, 9.17) is 16.3 Å². The van der Waals surface area contributed by atoms with E-state index in [1.165, 1.54) is 12.0 Å². The largest absolute Gasteiger partial charge is 0.507 e. The molecule has 0 spiro atoms. The first-order valence-corrected chi connectivity index (χ1v) is 10.5. The Kier molecular flexibility index (Phi) is 5.76. The van der Waals surface area contributed by atoms with Gasteiger partial charge in [0.05, 0.1) is 23.7 Å². The molecule has 1 saturated heterocycles. The van der Waals surface area contributed by atoms with Crippen LogP contribution in [0.3, 0.4) is 0 Å². The molecule has 1 aliphatic rings. The Bertz CT molecular complexity index is 1250. The Labute approximate surface area is 191 Å². The number of ketones is 1. The fraction of sp³-hybridized carbons (Fsp3) is 0.154. The third kappa shape index (κ3) is 3.65. The highest BCUT2D eigenvalue weighted by Gasteiger charge is 2.47. The quantitative estimate of drug-likeness (QED) is 0.321. The van der Waals surface area contributed by atoms with Crippen molar-refractivity contribution < 1.29 is 19.4 Å². The molecule has 1 N–H and O–H groups in total. The highest BCUT2D eigenvalue weighted by Crippen LogP contribution is 2.43. The van der Waals surface area contributed by atoms with Crippen LogP contribution in [-0.2, 0) is 9.59 Å². The number of aliphatic hydroxyl groups is 1. The molecule has 1 atom stereocenters. The minimum Gasteiger partial charge on any atom is -0.507 e. The smallest absolute Gasteiger partial charge is 0.300 e. The lowest BCUT2D eigenvalue weighted by Gasteiger charge is -2.27. The Morgan fingerprint density at radius 1 is 1.00 bits per heavy atom. The van der Waals surface area contributed by atoms with Crippen molar-refractivity contribution >= 4 is 34.7 Å². The number of carbonyl (C=O) groups excluding carboxylic acids is 2. The van der Waals surface area contributed by atoms with E-state index in [9.17, 15) is 14.7 Å². The predicted molar refractivity (Wildman–Crippen MR) is 125 cm³/mol. The summed E-state index contributed by atoms with van der Waals surface area (Å²) in [6.07, 6.45) is 0. The van der Waals surface area contributed by atoms with Crippen LogP contribution in [0.15, 0.2) is 72.3 Å². The molecule has 3 aromatic carbocycles. The molecule has 0 saturated carbocycles. The van der Waals surface area contributed by atoms with E-state index in [1.807, 2.05) is 62.4 Å². The van der Waals surface area contributed by atoms with Crippen LogP contribution in [-0.4, -0.2) is 23.9 Å². The first-order valence-electron chi connectivity index (χ1n) is 10.1. The van der Waals surface area contributed by atoms with E-state index in [1.54, 1.807) is 18.2 Å². The van der Waals surface area contributed by atoms with Gasteiger partial charge in [-0.25, -0.2) is 0 Å². The monoisotopic (exact) mass is 447 g/mol. The van der Waals surface area contributed by atoms with E-state index >= 15 is 0 Å². The normalized spacial score (nSPS) is 17.6. The highest BCUT2D eigenvalue weighted by atomic mass is 35.5. The molecule has 4 rings (SSSR count). The highest BCUT2D eigenvalue weighted by molar-refractivity contribution is 6.51. The van der Waals surface area contributed by atoms with Gasteiger partial charge in [0, 0.05) is 11.3 Å². The summed E-state index contributed by atoms with van der Waals surface area (Å²) < 4.78 is 5.25. The second-order valence-electron chi connectivity index (χ2n) is 7.72. The number of aliphatic hydroxyl groups excluding tert-OH is 1. The second-order valence-corrected chi connectivity index (χ2v) is 8.13. The van der Waals surface area contributed by atoms with Gasteiger partial charge >= 0.3 is 0 Å². The molecule has 1 amide bonds. The van der Waals surface area contributed by atoms with E-state index in [-0.39, 0.29) is 11.3 Å². The maximum Gasteiger partial charge on any atom is 0.300 e. The SMILES string of the molecule is COc1cc(/C(O)=C2\C(=O)C(=O)N(c3ccc(C)cc3C)C2c2ccccc2)ccc1Cl. The number of amides is 1. The lowest BCUT2D eigenvalue weighted by atomic mass is 9.95. The fourth-order valence-electron chi connectivity index (χ4n) is 4.07. The summed E-state index contributed by atoms with van der Waals surface area (Å²) in [4.78, 5) is 27.9. The van der Waals surface area contributed by atoms with Crippen LogP contribution in [0.1, 0.15) is 28.3 Å². The van der Waals surface area contributed by atoms with E-state index in [0.29, 0.717) is 27.6 Å². The van der Waals surface area contributed by atoms with Crippen molar-refractivity contribution in [1.29, 1.82) is 0 Å². The van der Waals surface area contributed by atoms with Crippen LogP contribution in [0.2, 0.25) is 5.02 Å². The van der Waals surface area contributed by atoms with Crippen molar-refractivity contribution in [2.75, 3.05) is 12.0 Å². The number of hydrogen-bond acceptors (Lipinski definition) is 4. The zero-order chi connectivity index (χ0) is 23.0. The minimum atomic E-state index is -0.778. The number of benzene rings is 3. The van der Waals surface area contributed by atoms with Gasteiger partial charge in [-0.1, -0.05) is 59.6 Å². The molecule has 3 aromatic rings. The van der Waals surface area contributed by atoms with Crippen molar-refractivity contribution in [1.82, 2.24) is 0 Å². The molecule has 0 radical (unpaired) electrons. The lowest BCUT2D eigenvalue weighted by molar-refractivity contribution is -0.132. The number of nitrogens with zero attached hydrogens (tertiary/aromatic N) is 1. The third-order valence-corrected chi connectivity index (χ3v) is 5.91. The van der Waals surface area contributed by atoms with Crippen LogP contribution in [0.25, 0.3) is 5.76 Å². The number of anilines is 1. The maximum atomic E-state index is 13.2. The summed E-state index contributed by atoms with van der Waals surface area (Å²) in [5.41, 5.74) is 3.61. The van der Waals surface area contributed by atoms with Crippen LogP contribution in [0.4, 0.5) is 5.69 Å². The van der Waals surface area contributed by atoms with Gasteiger partial charge in [-0.15, -0.1) is 0 Å². The van der Waals surface area contributed by atoms with Crippen molar-refractivity contribution in [3.8, 4) is 5.75 Å². The predicted octanol–water partition coefficient (Wildman–Crippen LogP) is 5.59. The van der Waals surface area contributed by atoms with Gasteiger partial charge < -0.3 is 9.84 Å². The topological polar surface area (TPSA) is 66.8 Å². The molecule has 1 fully saturated rings. The fourth-order valence-corrected chi connectivity index (χ4v) is 4.26. The number of methoxy groups -OCH3 is 1. The molecule has 1 unspecified atom stereocenters. The van der Waals surface area contributed by atoms with Crippen molar-refractivity contribution in [3.05, 3.63) is 99.6 Å². The summed E-state index contributed by atoms with van der Waals surface area (Å²) in [5.74, 6) is -1.35. The minimum absolute atomic E-state index is 0.0190.